The minimum atomic E-state index is 0.234. The maximum atomic E-state index is 5.91. The highest BCUT2D eigenvalue weighted by Gasteiger charge is 2.50. The molecule has 0 heterocycles. The monoisotopic (exact) mass is 238 g/mol. The zero-order valence-electron chi connectivity index (χ0n) is 10.2. The van der Waals surface area contributed by atoms with E-state index in [0.717, 1.165) is 11.6 Å². The van der Waals surface area contributed by atoms with Crippen LogP contribution in [0.5, 0.6) is 5.75 Å². The van der Waals surface area contributed by atoms with E-state index in [1.165, 1.54) is 12.0 Å². The molecular weight excluding hydrogens is 220 g/mol. The molecule has 0 saturated heterocycles. The van der Waals surface area contributed by atoms with E-state index in [1.807, 2.05) is 13.8 Å². The van der Waals surface area contributed by atoms with Crippen LogP contribution in [0, 0.1) is 5.92 Å². The summed E-state index contributed by atoms with van der Waals surface area (Å²) >= 11 is 5.91. The van der Waals surface area contributed by atoms with Gasteiger partial charge in [0.25, 0.3) is 0 Å². The average Bonchev–Trinajstić information content (AvgIpc) is 2.91. The van der Waals surface area contributed by atoms with Gasteiger partial charge in [0.05, 0.1) is 6.10 Å². The van der Waals surface area contributed by atoms with Gasteiger partial charge in [0.15, 0.2) is 0 Å². The maximum absolute atomic E-state index is 5.91. The molecule has 1 nitrogen and oxygen atoms in total. The van der Waals surface area contributed by atoms with Gasteiger partial charge in [-0.25, -0.2) is 0 Å². The van der Waals surface area contributed by atoms with Crippen LogP contribution in [0.3, 0.4) is 0 Å². The van der Waals surface area contributed by atoms with E-state index < -0.39 is 0 Å². The summed E-state index contributed by atoms with van der Waals surface area (Å²) in [4.78, 5) is 0. The van der Waals surface area contributed by atoms with E-state index in [4.69, 9.17) is 16.3 Å². The molecule has 0 radical (unpaired) electrons. The van der Waals surface area contributed by atoms with Gasteiger partial charge in [-0.05, 0) is 49.3 Å². The summed E-state index contributed by atoms with van der Waals surface area (Å²) in [6, 6.07) is 8.46. The molecule has 1 fully saturated rings. The van der Waals surface area contributed by atoms with Crippen molar-refractivity contribution >= 4 is 11.6 Å². The molecule has 1 aromatic carbocycles. The van der Waals surface area contributed by atoms with E-state index in [9.17, 15) is 0 Å². The maximum Gasteiger partial charge on any atom is 0.119 e. The average molecular weight is 239 g/mol. The molecule has 16 heavy (non-hydrogen) atoms. The van der Waals surface area contributed by atoms with Gasteiger partial charge in [-0.2, -0.15) is 0 Å². The Morgan fingerprint density at radius 3 is 2.44 bits per heavy atom. The van der Waals surface area contributed by atoms with Crippen molar-refractivity contribution in [3.63, 3.8) is 0 Å². The zero-order valence-corrected chi connectivity index (χ0v) is 10.9. The van der Waals surface area contributed by atoms with Crippen LogP contribution in [-0.2, 0) is 5.41 Å². The fourth-order valence-electron chi connectivity index (χ4n) is 2.22. The van der Waals surface area contributed by atoms with Crippen LogP contribution >= 0.6 is 11.6 Å². The molecule has 2 atom stereocenters. The number of rotatable bonds is 4. The first-order chi connectivity index (χ1) is 7.56. The van der Waals surface area contributed by atoms with E-state index in [0.29, 0.717) is 11.3 Å². The second-order valence-electron chi connectivity index (χ2n) is 5.16. The lowest BCUT2D eigenvalue weighted by Crippen LogP contribution is -2.07. The third-order valence-electron chi connectivity index (χ3n) is 3.48. The Morgan fingerprint density at radius 1 is 1.38 bits per heavy atom. The molecule has 2 heteroatoms. The SMILES string of the molecule is CC(C)Oc1ccc(C2(C)CC2CCl)cc1. The Kier molecular flexibility index (Phi) is 3.16. The molecule has 1 aliphatic carbocycles. The van der Waals surface area contributed by atoms with Crippen molar-refractivity contribution in [2.24, 2.45) is 5.92 Å². The predicted molar refractivity (Wildman–Crippen MR) is 68.4 cm³/mol. The van der Waals surface area contributed by atoms with Crippen LogP contribution < -0.4 is 4.74 Å². The molecule has 88 valence electrons. The van der Waals surface area contributed by atoms with Crippen LogP contribution in [0.25, 0.3) is 0 Å². The minimum absolute atomic E-state index is 0.234. The molecular formula is C14H19ClO. The second kappa shape index (κ2) is 4.29. The fourth-order valence-corrected chi connectivity index (χ4v) is 2.67. The van der Waals surface area contributed by atoms with Gasteiger partial charge >= 0.3 is 0 Å². The molecule has 2 unspecified atom stereocenters. The summed E-state index contributed by atoms with van der Waals surface area (Å²) in [5.74, 6) is 2.36. The van der Waals surface area contributed by atoms with Crippen LogP contribution in [0.1, 0.15) is 32.8 Å². The number of alkyl halides is 1. The summed E-state index contributed by atoms with van der Waals surface area (Å²) in [7, 11) is 0. The van der Waals surface area contributed by atoms with Crippen molar-refractivity contribution in [1.82, 2.24) is 0 Å². The van der Waals surface area contributed by atoms with E-state index in [2.05, 4.69) is 31.2 Å². The predicted octanol–water partition coefficient (Wildman–Crippen LogP) is 3.99. The Labute approximate surface area is 103 Å². The van der Waals surface area contributed by atoms with E-state index >= 15 is 0 Å². The first-order valence-electron chi connectivity index (χ1n) is 5.89. The molecule has 0 bridgehead atoms. The molecule has 0 N–H and O–H groups in total. The first kappa shape index (κ1) is 11.8. The van der Waals surface area contributed by atoms with Crippen LogP contribution in [0.4, 0.5) is 0 Å². The number of ether oxygens (including phenoxy) is 1. The van der Waals surface area contributed by atoms with Gasteiger partial charge in [0.1, 0.15) is 5.75 Å². The van der Waals surface area contributed by atoms with Crippen LogP contribution in [-0.4, -0.2) is 12.0 Å². The molecule has 0 spiro atoms. The minimum Gasteiger partial charge on any atom is -0.491 e. The first-order valence-corrected chi connectivity index (χ1v) is 6.43. The lowest BCUT2D eigenvalue weighted by molar-refractivity contribution is 0.242. The topological polar surface area (TPSA) is 9.23 Å². The highest BCUT2D eigenvalue weighted by molar-refractivity contribution is 6.18. The van der Waals surface area contributed by atoms with Crippen LogP contribution in [0.2, 0.25) is 0 Å². The van der Waals surface area contributed by atoms with Gasteiger partial charge < -0.3 is 4.74 Å². The van der Waals surface area contributed by atoms with Crippen molar-refractivity contribution in [2.45, 2.75) is 38.7 Å². The molecule has 0 aromatic heterocycles. The lowest BCUT2D eigenvalue weighted by Gasteiger charge is -2.13. The number of hydrogen-bond donors (Lipinski definition) is 0. The van der Waals surface area contributed by atoms with Gasteiger partial charge in [0.2, 0.25) is 0 Å². The standard InChI is InChI=1S/C14H19ClO/c1-10(2)16-13-6-4-11(5-7-13)14(3)8-12(14)9-15/h4-7,10,12H,8-9H2,1-3H3. The lowest BCUT2D eigenvalue weighted by atomic mass is 9.96. The van der Waals surface area contributed by atoms with Gasteiger partial charge in [-0.3, -0.25) is 0 Å². The molecule has 2 rings (SSSR count). The number of hydrogen-bond acceptors (Lipinski definition) is 1. The summed E-state index contributed by atoms with van der Waals surface area (Å²) in [5, 5.41) is 0. The van der Waals surface area contributed by atoms with Gasteiger partial charge in [-0.15, -0.1) is 11.6 Å². The van der Waals surface area contributed by atoms with Gasteiger partial charge in [-0.1, -0.05) is 19.1 Å². The third kappa shape index (κ3) is 2.20. The summed E-state index contributed by atoms with van der Waals surface area (Å²) < 4.78 is 5.63. The van der Waals surface area contributed by atoms with Crippen molar-refractivity contribution in [2.75, 3.05) is 5.88 Å². The Morgan fingerprint density at radius 2 is 2.00 bits per heavy atom. The Hall–Kier alpha value is -0.690. The Bertz CT molecular complexity index is 358. The third-order valence-corrected chi connectivity index (χ3v) is 3.86. The normalized spacial score (nSPS) is 28.2. The number of benzene rings is 1. The van der Waals surface area contributed by atoms with Gasteiger partial charge in [0, 0.05) is 5.88 Å². The van der Waals surface area contributed by atoms with Crippen molar-refractivity contribution in [1.29, 1.82) is 0 Å². The van der Waals surface area contributed by atoms with Crippen molar-refractivity contribution in [3.05, 3.63) is 29.8 Å². The fraction of sp³-hybridized carbons (Fsp3) is 0.571. The van der Waals surface area contributed by atoms with Crippen molar-refractivity contribution < 1.29 is 4.74 Å². The summed E-state index contributed by atoms with van der Waals surface area (Å²) in [6.07, 6.45) is 1.44. The molecule has 1 aliphatic rings. The van der Waals surface area contributed by atoms with E-state index in [1.54, 1.807) is 0 Å². The summed E-state index contributed by atoms with van der Waals surface area (Å²) in [5.41, 5.74) is 1.69. The molecule has 0 amide bonds. The molecule has 0 aliphatic heterocycles. The highest BCUT2D eigenvalue weighted by Crippen LogP contribution is 2.54. The molecule has 1 aromatic rings. The Balaban J connectivity index is 2.09. The van der Waals surface area contributed by atoms with E-state index in [-0.39, 0.29) is 6.10 Å². The second-order valence-corrected chi connectivity index (χ2v) is 5.47. The summed E-state index contributed by atoms with van der Waals surface area (Å²) in [6.45, 7) is 6.37. The van der Waals surface area contributed by atoms with Crippen LogP contribution in [0.15, 0.2) is 24.3 Å². The largest absolute Gasteiger partial charge is 0.491 e. The molecule has 1 saturated carbocycles. The highest BCUT2D eigenvalue weighted by atomic mass is 35.5. The number of halogens is 1. The smallest absolute Gasteiger partial charge is 0.119 e. The zero-order chi connectivity index (χ0) is 11.8. The van der Waals surface area contributed by atoms with Crippen molar-refractivity contribution in [3.8, 4) is 5.75 Å². The quantitative estimate of drug-likeness (QED) is 0.721.